The van der Waals surface area contributed by atoms with Crippen LogP contribution >= 0.6 is 0 Å². The fraction of sp³-hybridized carbons (Fsp3) is 0.167. The molecule has 0 aliphatic carbocycles. The number of aromatic hydroxyl groups is 1. The molecule has 11 nitrogen and oxygen atoms in total. The van der Waals surface area contributed by atoms with E-state index in [0.717, 1.165) is 12.1 Å². The van der Waals surface area contributed by atoms with Crippen LogP contribution in [0.3, 0.4) is 0 Å². The molecule has 2 aromatic carbocycles. The average molecular weight is 400 g/mol. The Hall–Kier alpha value is -4.15. The number of nitro benzene ring substituents is 1. The second-order valence-corrected chi connectivity index (χ2v) is 5.84. The molecule has 3 N–H and O–H groups in total. The second kappa shape index (κ2) is 8.69. The molecule has 1 aliphatic rings. The van der Waals surface area contributed by atoms with Gasteiger partial charge in [-0.3, -0.25) is 19.7 Å². The number of hydrogen-bond donors (Lipinski definition) is 3. The molecule has 0 saturated carbocycles. The van der Waals surface area contributed by atoms with E-state index in [1.165, 1.54) is 18.3 Å². The Morgan fingerprint density at radius 1 is 1.17 bits per heavy atom. The van der Waals surface area contributed by atoms with Crippen molar-refractivity contribution in [3.05, 3.63) is 57.6 Å². The van der Waals surface area contributed by atoms with Crippen molar-refractivity contribution in [1.29, 1.82) is 0 Å². The zero-order valence-corrected chi connectivity index (χ0v) is 15.0. The van der Waals surface area contributed by atoms with Gasteiger partial charge in [0.05, 0.1) is 17.7 Å². The summed E-state index contributed by atoms with van der Waals surface area (Å²) < 4.78 is 10.8. The number of amides is 2. The van der Waals surface area contributed by atoms with Gasteiger partial charge in [0.15, 0.2) is 17.2 Å². The molecule has 0 radical (unpaired) electrons. The molecule has 1 aliphatic heterocycles. The molecule has 1 heterocycles. The maximum Gasteiger partial charge on any atom is 0.311 e. The highest BCUT2D eigenvalue weighted by atomic mass is 16.6. The average Bonchev–Trinajstić information content (AvgIpc) is 2.72. The lowest BCUT2D eigenvalue weighted by Crippen LogP contribution is -2.35. The van der Waals surface area contributed by atoms with Crippen LogP contribution in [-0.2, 0) is 4.79 Å². The molecule has 11 heteroatoms. The maximum absolute atomic E-state index is 12.2. The Labute approximate surface area is 164 Å². The van der Waals surface area contributed by atoms with E-state index in [1.54, 1.807) is 12.1 Å². The van der Waals surface area contributed by atoms with Gasteiger partial charge < -0.3 is 19.9 Å². The van der Waals surface area contributed by atoms with Gasteiger partial charge in [0.2, 0.25) is 0 Å². The first-order valence-corrected chi connectivity index (χ1v) is 8.41. The van der Waals surface area contributed by atoms with E-state index in [2.05, 4.69) is 15.8 Å². The first-order valence-electron chi connectivity index (χ1n) is 8.41. The highest BCUT2D eigenvalue weighted by Crippen LogP contribution is 2.30. The number of ether oxygens (including phenoxy) is 2. The molecule has 0 fully saturated rings. The lowest BCUT2D eigenvalue weighted by molar-refractivity contribution is -0.385. The highest BCUT2D eigenvalue weighted by molar-refractivity contribution is 5.97. The van der Waals surface area contributed by atoms with Crippen LogP contribution in [0.25, 0.3) is 0 Å². The fourth-order valence-corrected chi connectivity index (χ4v) is 2.43. The van der Waals surface area contributed by atoms with E-state index < -0.39 is 28.2 Å². The van der Waals surface area contributed by atoms with E-state index in [1.807, 2.05) is 0 Å². The molecule has 0 atom stereocenters. The molecule has 29 heavy (non-hydrogen) atoms. The van der Waals surface area contributed by atoms with Gasteiger partial charge in [0.25, 0.3) is 11.8 Å². The number of fused-ring (bicyclic) bond motifs is 1. The summed E-state index contributed by atoms with van der Waals surface area (Å²) in [5.41, 5.74) is 2.32. The minimum atomic E-state index is -0.737. The number of hydrazone groups is 1. The van der Waals surface area contributed by atoms with Gasteiger partial charge in [-0.2, -0.15) is 5.10 Å². The minimum Gasteiger partial charge on any atom is -0.502 e. The minimum absolute atomic E-state index is 0.301. The Morgan fingerprint density at radius 2 is 1.93 bits per heavy atom. The molecule has 3 rings (SSSR count). The largest absolute Gasteiger partial charge is 0.502 e. The zero-order valence-electron chi connectivity index (χ0n) is 15.0. The SMILES string of the molecule is O=C(CNC(=O)c1ccc2c(c1)OCCO2)N/N=C\c1ccc(O)c([N+](=O)[O-])c1. The Kier molecular flexibility index (Phi) is 5.88. The first kappa shape index (κ1) is 19.6. The normalized spacial score (nSPS) is 12.4. The summed E-state index contributed by atoms with van der Waals surface area (Å²) in [7, 11) is 0. The van der Waals surface area contributed by atoms with Crippen LogP contribution < -0.4 is 20.2 Å². The van der Waals surface area contributed by atoms with Crippen molar-refractivity contribution >= 4 is 23.7 Å². The number of benzene rings is 2. The third-order valence-electron chi connectivity index (χ3n) is 3.81. The molecule has 0 aromatic heterocycles. The molecule has 0 saturated heterocycles. The molecule has 150 valence electrons. The van der Waals surface area contributed by atoms with Crippen LogP contribution in [0.1, 0.15) is 15.9 Å². The van der Waals surface area contributed by atoms with Crippen molar-refractivity contribution in [2.75, 3.05) is 19.8 Å². The maximum atomic E-state index is 12.2. The van der Waals surface area contributed by atoms with Crippen molar-refractivity contribution in [1.82, 2.24) is 10.7 Å². The topological polar surface area (TPSA) is 152 Å². The molecular formula is C18H16N4O7. The van der Waals surface area contributed by atoms with Crippen molar-refractivity contribution in [3.8, 4) is 17.2 Å². The summed E-state index contributed by atoms with van der Waals surface area (Å²) in [5.74, 6) is -0.538. The molecule has 0 bridgehead atoms. The number of nitrogens with zero attached hydrogens (tertiary/aromatic N) is 2. The van der Waals surface area contributed by atoms with Crippen molar-refractivity contribution < 1.29 is 29.1 Å². The smallest absolute Gasteiger partial charge is 0.311 e. The van der Waals surface area contributed by atoms with Crippen LogP contribution in [0.5, 0.6) is 17.2 Å². The van der Waals surface area contributed by atoms with E-state index in [0.29, 0.717) is 35.8 Å². The zero-order chi connectivity index (χ0) is 20.8. The molecule has 0 spiro atoms. The van der Waals surface area contributed by atoms with Gasteiger partial charge in [-0.1, -0.05) is 0 Å². The number of rotatable bonds is 6. The van der Waals surface area contributed by atoms with Gasteiger partial charge in [-0.15, -0.1) is 0 Å². The third-order valence-corrected chi connectivity index (χ3v) is 3.81. The van der Waals surface area contributed by atoms with Gasteiger partial charge in [-0.25, -0.2) is 5.43 Å². The number of nitrogens with one attached hydrogen (secondary N) is 2. The predicted octanol–water partition coefficient (Wildman–Crippen LogP) is 0.952. The van der Waals surface area contributed by atoms with Crippen molar-refractivity contribution in [2.45, 2.75) is 0 Å². The van der Waals surface area contributed by atoms with E-state index >= 15 is 0 Å². The Bertz CT molecular complexity index is 990. The summed E-state index contributed by atoms with van der Waals surface area (Å²) in [6.07, 6.45) is 1.17. The fourth-order valence-electron chi connectivity index (χ4n) is 2.43. The number of phenolic OH excluding ortho intramolecular Hbond substituents is 1. The standard InChI is InChI=1S/C18H16N4O7/c23-14-3-1-11(7-13(14)22(26)27)9-20-21-17(24)10-19-18(25)12-2-4-15-16(8-12)29-6-5-28-15/h1-4,7-9,23H,5-6,10H2,(H,19,25)(H,21,24)/b20-9-. The Balaban J connectivity index is 1.51. The van der Waals surface area contributed by atoms with Gasteiger partial charge >= 0.3 is 5.69 Å². The van der Waals surface area contributed by atoms with Crippen LogP contribution in [-0.4, -0.2) is 47.8 Å². The van der Waals surface area contributed by atoms with Gasteiger partial charge in [-0.05, 0) is 30.3 Å². The van der Waals surface area contributed by atoms with Crippen molar-refractivity contribution in [2.24, 2.45) is 5.10 Å². The van der Waals surface area contributed by atoms with Crippen LogP contribution in [0.15, 0.2) is 41.5 Å². The summed E-state index contributed by atoms with van der Waals surface area (Å²) in [4.78, 5) is 34.0. The number of nitro groups is 1. The number of hydrogen-bond acceptors (Lipinski definition) is 8. The Morgan fingerprint density at radius 3 is 2.69 bits per heavy atom. The van der Waals surface area contributed by atoms with Gasteiger partial charge in [0.1, 0.15) is 13.2 Å². The molecule has 2 amide bonds. The van der Waals surface area contributed by atoms with Gasteiger partial charge in [0, 0.05) is 17.2 Å². The monoisotopic (exact) mass is 400 g/mol. The predicted molar refractivity (Wildman–Crippen MR) is 100 cm³/mol. The highest BCUT2D eigenvalue weighted by Gasteiger charge is 2.15. The number of phenols is 1. The lowest BCUT2D eigenvalue weighted by atomic mass is 10.2. The van der Waals surface area contributed by atoms with Crippen LogP contribution in [0.2, 0.25) is 0 Å². The second-order valence-electron chi connectivity index (χ2n) is 5.84. The molecular weight excluding hydrogens is 384 g/mol. The summed E-state index contributed by atoms with van der Waals surface area (Å²) in [6, 6.07) is 8.34. The number of carbonyl (C=O) groups excluding carboxylic acids is 2. The third kappa shape index (κ3) is 4.97. The van der Waals surface area contributed by atoms with E-state index in [9.17, 15) is 24.8 Å². The van der Waals surface area contributed by atoms with E-state index in [-0.39, 0.29) is 6.54 Å². The first-order chi connectivity index (χ1) is 13.9. The summed E-state index contributed by atoms with van der Waals surface area (Å²) >= 11 is 0. The van der Waals surface area contributed by atoms with Crippen molar-refractivity contribution in [3.63, 3.8) is 0 Å². The van der Waals surface area contributed by atoms with Crippen LogP contribution in [0, 0.1) is 10.1 Å². The lowest BCUT2D eigenvalue weighted by Gasteiger charge is -2.18. The number of carbonyl (C=O) groups is 2. The molecule has 2 aromatic rings. The van der Waals surface area contributed by atoms with Crippen LogP contribution in [0.4, 0.5) is 5.69 Å². The summed E-state index contributed by atoms with van der Waals surface area (Å²) in [5, 5.41) is 26.3. The summed E-state index contributed by atoms with van der Waals surface area (Å²) in [6.45, 7) is 0.500. The quantitative estimate of drug-likeness (QED) is 0.371. The van der Waals surface area contributed by atoms with E-state index in [4.69, 9.17) is 9.47 Å². The molecule has 0 unspecified atom stereocenters.